The number of halogens is 3. The van der Waals surface area contributed by atoms with Gasteiger partial charge >= 0.3 is 6.18 Å². The predicted molar refractivity (Wildman–Crippen MR) is 39.5 cm³/mol. The second-order valence-corrected chi connectivity index (χ2v) is 3.14. The molecule has 1 aromatic rings. The lowest BCUT2D eigenvalue weighted by Gasteiger charge is -1.99. The van der Waals surface area contributed by atoms with Crippen LogP contribution in [0.5, 0.6) is 0 Å². The quantitative estimate of drug-likeness (QED) is 0.750. The molecule has 78 valence electrons. The summed E-state index contributed by atoms with van der Waals surface area (Å²) in [5, 5.41) is 5.90. The van der Waals surface area contributed by atoms with Crippen LogP contribution in [0, 0.1) is 0 Å². The molecule has 0 amide bonds. The summed E-state index contributed by atoms with van der Waals surface area (Å²) in [7, 11) is 0. The monoisotopic (exact) mass is 207 g/mol. The summed E-state index contributed by atoms with van der Waals surface area (Å²) in [5.41, 5.74) is 0. The molecule has 0 spiro atoms. The van der Waals surface area contributed by atoms with Crippen molar-refractivity contribution in [3.63, 3.8) is 0 Å². The first kappa shape index (κ1) is 9.45. The van der Waals surface area contributed by atoms with Crippen molar-refractivity contribution in [1.29, 1.82) is 0 Å². The zero-order valence-electron chi connectivity index (χ0n) is 7.14. The molecular formula is C7H8F3N3O. The molecule has 1 saturated heterocycles. The zero-order chi connectivity index (χ0) is 10.2. The first-order chi connectivity index (χ1) is 6.57. The smallest absolute Gasteiger partial charge is 0.339 e. The molecule has 0 saturated carbocycles. The highest BCUT2D eigenvalue weighted by Gasteiger charge is 2.38. The molecule has 4 nitrogen and oxygen atoms in total. The molecular weight excluding hydrogens is 199 g/mol. The van der Waals surface area contributed by atoms with E-state index in [9.17, 15) is 13.2 Å². The molecule has 1 fully saturated rings. The van der Waals surface area contributed by atoms with Crippen molar-refractivity contribution in [2.45, 2.75) is 18.5 Å². The van der Waals surface area contributed by atoms with Gasteiger partial charge in [0.15, 0.2) is 0 Å². The van der Waals surface area contributed by atoms with E-state index in [-0.39, 0.29) is 11.8 Å². The number of hydrogen-bond acceptors (Lipinski definition) is 4. The van der Waals surface area contributed by atoms with Gasteiger partial charge in [-0.15, -0.1) is 0 Å². The lowest BCUT2D eigenvalue weighted by Crippen LogP contribution is -2.10. The summed E-state index contributed by atoms with van der Waals surface area (Å²) in [5.74, 6) is -1.21. The van der Waals surface area contributed by atoms with Gasteiger partial charge in [-0.05, 0) is 13.0 Å². The second kappa shape index (κ2) is 3.23. The predicted octanol–water partition coefficient (Wildman–Crippen LogP) is 1.17. The van der Waals surface area contributed by atoms with Gasteiger partial charge in [0.25, 0.3) is 5.82 Å². The molecule has 2 heterocycles. The Morgan fingerprint density at radius 3 is 2.71 bits per heavy atom. The van der Waals surface area contributed by atoms with E-state index in [0.29, 0.717) is 6.54 Å². The molecule has 1 N–H and O–H groups in total. The van der Waals surface area contributed by atoms with E-state index in [2.05, 4.69) is 20.0 Å². The third-order valence-electron chi connectivity index (χ3n) is 2.10. The molecule has 1 atom stereocenters. The van der Waals surface area contributed by atoms with Crippen LogP contribution in [0.1, 0.15) is 24.1 Å². The average molecular weight is 207 g/mol. The highest BCUT2D eigenvalue weighted by atomic mass is 19.4. The van der Waals surface area contributed by atoms with Gasteiger partial charge in [-0.3, -0.25) is 0 Å². The average Bonchev–Trinajstić information content (AvgIpc) is 2.73. The maximum Gasteiger partial charge on any atom is 0.455 e. The number of rotatable bonds is 1. The number of nitrogens with zero attached hydrogens (tertiary/aromatic N) is 2. The maximum absolute atomic E-state index is 12.1. The third-order valence-corrected chi connectivity index (χ3v) is 2.10. The summed E-state index contributed by atoms with van der Waals surface area (Å²) in [6.07, 6.45) is -3.78. The minimum atomic E-state index is -4.52. The number of hydrogen-bond donors (Lipinski definition) is 1. The van der Waals surface area contributed by atoms with Crippen LogP contribution in [0.4, 0.5) is 13.2 Å². The Kier molecular flexibility index (Phi) is 2.18. The topological polar surface area (TPSA) is 51.0 Å². The van der Waals surface area contributed by atoms with Crippen LogP contribution in [0.2, 0.25) is 0 Å². The van der Waals surface area contributed by atoms with E-state index in [1.807, 2.05) is 0 Å². The molecule has 0 bridgehead atoms. The van der Waals surface area contributed by atoms with Crippen LogP contribution in [0.25, 0.3) is 0 Å². The largest absolute Gasteiger partial charge is 0.455 e. The van der Waals surface area contributed by atoms with Gasteiger partial charge in [-0.2, -0.15) is 18.2 Å². The van der Waals surface area contributed by atoms with Gasteiger partial charge in [0.05, 0.1) is 5.92 Å². The summed E-state index contributed by atoms with van der Waals surface area (Å²) < 4.78 is 40.8. The molecule has 2 rings (SSSR count). The van der Waals surface area contributed by atoms with Gasteiger partial charge in [0.2, 0.25) is 5.89 Å². The lowest BCUT2D eigenvalue weighted by molar-refractivity contribution is -0.146. The zero-order valence-corrected chi connectivity index (χ0v) is 7.14. The fraction of sp³-hybridized carbons (Fsp3) is 0.714. The van der Waals surface area contributed by atoms with Crippen molar-refractivity contribution < 1.29 is 17.7 Å². The third kappa shape index (κ3) is 1.72. The van der Waals surface area contributed by atoms with Gasteiger partial charge in [-0.25, -0.2) is 0 Å². The second-order valence-electron chi connectivity index (χ2n) is 3.14. The summed E-state index contributed by atoms with van der Waals surface area (Å²) >= 11 is 0. The standard InChI is InChI=1S/C7H8F3N3O/c8-7(9,10)6-12-5(14-13-6)4-1-2-11-3-4/h4,11H,1-3H2. The van der Waals surface area contributed by atoms with Crippen molar-refractivity contribution in [3.05, 3.63) is 11.7 Å². The van der Waals surface area contributed by atoms with Crippen LogP contribution >= 0.6 is 0 Å². The van der Waals surface area contributed by atoms with Crippen molar-refractivity contribution in [3.8, 4) is 0 Å². The minimum absolute atomic E-state index is 0.0716. The van der Waals surface area contributed by atoms with Gasteiger partial charge in [-0.1, -0.05) is 5.16 Å². The van der Waals surface area contributed by atoms with E-state index in [1.54, 1.807) is 0 Å². The van der Waals surface area contributed by atoms with Crippen LogP contribution in [-0.2, 0) is 6.18 Å². The highest BCUT2D eigenvalue weighted by Crippen LogP contribution is 2.28. The van der Waals surface area contributed by atoms with Gasteiger partial charge in [0.1, 0.15) is 0 Å². The van der Waals surface area contributed by atoms with E-state index < -0.39 is 12.0 Å². The Morgan fingerprint density at radius 1 is 1.43 bits per heavy atom. The van der Waals surface area contributed by atoms with Crippen LogP contribution in [0.15, 0.2) is 4.52 Å². The summed E-state index contributed by atoms with van der Waals surface area (Å²) in [6.45, 7) is 1.37. The van der Waals surface area contributed by atoms with Crippen LogP contribution in [-0.4, -0.2) is 23.2 Å². The molecule has 1 aromatic heterocycles. The number of nitrogens with one attached hydrogen (secondary N) is 1. The molecule has 7 heteroatoms. The molecule has 0 radical (unpaired) electrons. The first-order valence-electron chi connectivity index (χ1n) is 4.19. The molecule has 1 aliphatic rings. The lowest BCUT2D eigenvalue weighted by atomic mass is 10.1. The number of alkyl halides is 3. The van der Waals surface area contributed by atoms with Gasteiger partial charge < -0.3 is 9.84 Å². The molecule has 0 aliphatic carbocycles. The van der Waals surface area contributed by atoms with Crippen molar-refractivity contribution in [2.24, 2.45) is 0 Å². The fourth-order valence-electron chi connectivity index (χ4n) is 1.38. The van der Waals surface area contributed by atoms with Crippen molar-refractivity contribution in [2.75, 3.05) is 13.1 Å². The Hall–Kier alpha value is -1.11. The Balaban J connectivity index is 2.17. The van der Waals surface area contributed by atoms with E-state index >= 15 is 0 Å². The van der Waals surface area contributed by atoms with Crippen molar-refractivity contribution >= 4 is 0 Å². The normalized spacial score (nSPS) is 22.9. The van der Waals surface area contributed by atoms with E-state index in [4.69, 9.17) is 0 Å². The summed E-state index contributed by atoms with van der Waals surface area (Å²) in [6, 6.07) is 0. The molecule has 1 unspecified atom stereocenters. The number of aromatic nitrogens is 2. The minimum Gasteiger partial charge on any atom is -0.339 e. The fourth-order valence-corrected chi connectivity index (χ4v) is 1.38. The molecule has 1 aliphatic heterocycles. The summed E-state index contributed by atoms with van der Waals surface area (Å²) in [4.78, 5) is 3.32. The van der Waals surface area contributed by atoms with Crippen LogP contribution in [0.3, 0.4) is 0 Å². The maximum atomic E-state index is 12.1. The Bertz CT molecular complexity index is 316. The van der Waals surface area contributed by atoms with Gasteiger partial charge in [0, 0.05) is 6.54 Å². The Morgan fingerprint density at radius 2 is 2.21 bits per heavy atom. The SMILES string of the molecule is FC(F)(F)c1noc(C2CCNC2)n1. The molecule has 0 aromatic carbocycles. The van der Waals surface area contributed by atoms with E-state index in [0.717, 1.165) is 13.0 Å². The van der Waals surface area contributed by atoms with E-state index in [1.165, 1.54) is 0 Å². The Labute approximate surface area is 77.5 Å². The van der Waals surface area contributed by atoms with Crippen LogP contribution < -0.4 is 5.32 Å². The highest BCUT2D eigenvalue weighted by molar-refractivity contribution is 4.99. The first-order valence-corrected chi connectivity index (χ1v) is 4.19. The molecule has 14 heavy (non-hydrogen) atoms. The van der Waals surface area contributed by atoms with Crippen molar-refractivity contribution in [1.82, 2.24) is 15.5 Å².